The van der Waals surface area contributed by atoms with E-state index in [0.717, 1.165) is 25.6 Å². The summed E-state index contributed by atoms with van der Waals surface area (Å²) in [5.74, 6) is 0.837. The highest BCUT2D eigenvalue weighted by Crippen LogP contribution is 2.19. The third-order valence-corrected chi connectivity index (χ3v) is 3.90. The van der Waals surface area contributed by atoms with Gasteiger partial charge in [-0.3, -0.25) is 9.67 Å². The summed E-state index contributed by atoms with van der Waals surface area (Å²) in [6.07, 6.45) is 5.86. The Morgan fingerprint density at radius 2 is 2.16 bits per heavy atom. The van der Waals surface area contributed by atoms with Crippen LogP contribution in [0.1, 0.15) is 13.8 Å². The monoisotopic (exact) mass is 397 g/mol. The molecule has 2 N–H and O–H groups in total. The van der Waals surface area contributed by atoms with Crippen LogP contribution in [0, 0.1) is 0 Å². The number of guanidine groups is 1. The first kappa shape index (κ1) is 18.6. The SMILES string of the molecule is CN=C(NCCn1cccn1)NCC(C)(C)SC.I. The van der Waals surface area contributed by atoms with Crippen molar-refractivity contribution >= 4 is 41.7 Å². The second-order valence-corrected chi connectivity index (χ2v) is 6.10. The lowest BCUT2D eigenvalue weighted by Crippen LogP contribution is -2.44. The normalized spacial score (nSPS) is 11.9. The zero-order chi connectivity index (χ0) is 13.4. The molecule has 0 unspecified atom stereocenters. The van der Waals surface area contributed by atoms with E-state index in [9.17, 15) is 0 Å². The van der Waals surface area contributed by atoms with Crippen molar-refractivity contribution in [2.75, 3.05) is 26.4 Å². The number of nitrogens with one attached hydrogen (secondary N) is 2. The Kier molecular flexibility index (Phi) is 9.24. The second-order valence-electron chi connectivity index (χ2n) is 4.59. The summed E-state index contributed by atoms with van der Waals surface area (Å²) in [4.78, 5) is 4.20. The van der Waals surface area contributed by atoms with E-state index < -0.39 is 0 Å². The van der Waals surface area contributed by atoms with Gasteiger partial charge in [0.1, 0.15) is 0 Å². The highest BCUT2D eigenvalue weighted by Gasteiger charge is 2.15. The predicted octanol–water partition coefficient (Wildman–Crippen LogP) is 1.81. The number of hydrogen-bond acceptors (Lipinski definition) is 3. The lowest BCUT2D eigenvalue weighted by atomic mass is 10.2. The lowest BCUT2D eigenvalue weighted by Gasteiger charge is -2.23. The van der Waals surface area contributed by atoms with Crippen molar-refractivity contribution in [3.05, 3.63) is 18.5 Å². The Morgan fingerprint density at radius 3 is 2.68 bits per heavy atom. The van der Waals surface area contributed by atoms with Gasteiger partial charge in [-0.1, -0.05) is 0 Å². The van der Waals surface area contributed by atoms with Crippen LogP contribution in [0.5, 0.6) is 0 Å². The molecule has 0 atom stereocenters. The van der Waals surface area contributed by atoms with Gasteiger partial charge in [0.2, 0.25) is 0 Å². The van der Waals surface area contributed by atoms with Crippen molar-refractivity contribution < 1.29 is 0 Å². The molecule has 1 heterocycles. The van der Waals surface area contributed by atoms with E-state index in [1.807, 2.05) is 28.7 Å². The van der Waals surface area contributed by atoms with Crippen molar-refractivity contribution in [3.63, 3.8) is 0 Å². The van der Waals surface area contributed by atoms with Gasteiger partial charge in [-0.05, 0) is 26.2 Å². The van der Waals surface area contributed by atoms with Gasteiger partial charge >= 0.3 is 0 Å². The summed E-state index contributed by atoms with van der Waals surface area (Å²) in [5, 5.41) is 10.8. The molecule has 0 saturated heterocycles. The van der Waals surface area contributed by atoms with Crippen LogP contribution < -0.4 is 10.6 Å². The van der Waals surface area contributed by atoms with Crippen LogP contribution in [-0.4, -0.2) is 46.9 Å². The molecule has 0 aliphatic carbocycles. The standard InChI is InChI=1S/C12H23N5S.HI/c1-12(2,18-4)10-15-11(13-3)14-7-9-17-8-5-6-16-17;/h5-6,8H,7,9-10H2,1-4H3,(H2,13,14,15);1H. The van der Waals surface area contributed by atoms with Crippen molar-refractivity contribution in [1.29, 1.82) is 0 Å². The molecular formula is C12H24IN5S. The van der Waals surface area contributed by atoms with Crippen LogP contribution in [0.25, 0.3) is 0 Å². The minimum atomic E-state index is 0. The molecule has 0 aromatic carbocycles. The maximum absolute atomic E-state index is 4.20. The molecule has 0 aliphatic rings. The third-order valence-electron chi connectivity index (χ3n) is 2.65. The van der Waals surface area contributed by atoms with Gasteiger partial charge < -0.3 is 10.6 Å². The van der Waals surface area contributed by atoms with Crippen LogP contribution in [0.3, 0.4) is 0 Å². The molecule has 0 radical (unpaired) electrons. The highest BCUT2D eigenvalue weighted by atomic mass is 127. The van der Waals surface area contributed by atoms with E-state index in [4.69, 9.17) is 0 Å². The molecular weight excluding hydrogens is 373 g/mol. The van der Waals surface area contributed by atoms with Gasteiger partial charge in [-0.2, -0.15) is 16.9 Å². The molecule has 0 amide bonds. The van der Waals surface area contributed by atoms with E-state index >= 15 is 0 Å². The number of thioether (sulfide) groups is 1. The maximum Gasteiger partial charge on any atom is 0.191 e. The molecule has 0 saturated carbocycles. The summed E-state index contributed by atoms with van der Waals surface area (Å²) >= 11 is 1.84. The average Bonchev–Trinajstić information content (AvgIpc) is 2.86. The molecule has 1 aromatic rings. The van der Waals surface area contributed by atoms with Crippen LogP contribution in [0.4, 0.5) is 0 Å². The Bertz CT molecular complexity index is 364. The largest absolute Gasteiger partial charge is 0.355 e. The van der Waals surface area contributed by atoms with Gasteiger partial charge in [-0.25, -0.2) is 0 Å². The van der Waals surface area contributed by atoms with Gasteiger partial charge in [0.15, 0.2) is 5.96 Å². The number of nitrogens with zero attached hydrogens (tertiary/aromatic N) is 3. The first-order valence-electron chi connectivity index (χ1n) is 6.04. The molecule has 1 aromatic heterocycles. The van der Waals surface area contributed by atoms with Gasteiger partial charge in [0.05, 0.1) is 6.54 Å². The number of halogens is 1. The number of rotatable bonds is 6. The predicted molar refractivity (Wildman–Crippen MR) is 94.6 cm³/mol. The smallest absolute Gasteiger partial charge is 0.191 e. The van der Waals surface area contributed by atoms with Crippen molar-refractivity contribution in [3.8, 4) is 0 Å². The fourth-order valence-electron chi connectivity index (χ4n) is 1.31. The van der Waals surface area contributed by atoms with Crippen molar-refractivity contribution in [2.24, 2.45) is 4.99 Å². The highest BCUT2D eigenvalue weighted by molar-refractivity contribution is 14.0. The maximum atomic E-state index is 4.20. The number of aromatic nitrogens is 2. The molecule has 19 heavy (non-hydrogen) atoms. The number of hydrogen-bond donors (Lipinski definition) is 2. The fourth-order valence-corrected chi connectivity index (χ4v) is 1.53. The second kappa shape index (κ2) is 9.46. The van der Waals surface area contributed by atoms with Gasteiger partial charge in [-0.15, -0.1) is 24.0 Å². The quantitative estimate of drug-likeness (QED) is 0.437. The Balaban J connectivity index is 0.00000324. The summed E-state index contributed by atoms with van der Waals surface area (Å²) in [5.41, 5.74) is 0. The molecule has 110 valence electrons. The Labute approximate surface area is 137 Å². The Morgan fingerprint density at radius 1 is 1.42 bits per heavy atom. The molecule has 0 aliphatic heterocycles. The van der Waals surface area contributed by atoms with E-state index in [-0.39, 0.29) is 28.7 Å². The zero-order valence-electron chi connectivity index (χ0n) is 12.0. The Hall–Kier alpha value is -0.440. The molecule has 0 fully saturated rings. The van der Waals surface area contributed by atoms with Crippen LogP contribution >= 0.6 is 35.7 Å². The van der Waals surface area contributed by atoms with Gasteiger partial charge in [0, 0.05) is 37.3 Å². The molecule has 0 bridgehead atoms. The molecule has 7 heteroatoms. The molecule has 5 nitrogen and oxygen atoms in total. The van der Waals surface area contributed by atoms with Crippen LogP contribution in [0.2, 0.25) is 0 Å². The number of aliphatic imine (C=N–C) groups is 1. The third kappa shape index (κ3) is 7.66. The van der Waals surface area contributed by atoms with E-state index in [0.29, 0.717) is 0 Å². The summed E-state index contributed by atoms with van der Waals surface area (Å²) in [7, 11) is 1.79. The van der Waals surface area contributed by atoms with Crippen molar-refractivity contribution in [1.82, 2.24) is 20.4 Å². The summed E-state index contributed by atoms with van der Waals surface area (Å²) in [6, 6.07) is 1.92. The lowest BCUT2D eigenvalue weighted by molar-refractivity contribution is 0.593. The minimum Gasteiger partial charge on any atom is -0.355 e. The summed E-state index contributed by atoms with van der Waals surface area (Å²) in [6.45, 7) is 6.94. The topological polar surface area (TPSA) is 54.2 Å². The zero-order valence-corrected chi connectivity index (χ0v) is 15.2. The average molecular weight is 397 g/mol. The van der Waals surface area contributed by atoms with E-state index in [2.05, 4.69) is 40.8 Å². The first-order valence-corrected chi connectivity index (χ1v) is 7.27. The first-order chi connectivity index (χ1) is 8.57. The minimum absolute atomic E-state index is 0. The molecule has 1 rings (SSSR count). The fraction of sp³-hybridized carbons (Fsp3) is 0.667. The molecule has 0 spiro atoms. The van der Waals surface area contributed by atoms with E-state index in [1.165, 1.54) is 0 Å². The summed E-state index contributed by atoms with van der Waals surface area (Å²) < 4.78 is 2.10. The van der Waals surface area contributed by atoms with Crippen molar-refractivity contribution in [2.45, 2.75) is 25.1 Å². The van der Waals surface area contributed by atoms with Crippen LogP contribution in [-0.2, 0) is 6.54 Å². The van der Waals surface area contributed by atoms with Crippen LogP contribution in [0.15, 0.2) is 23.5 Å². The van der Waals surface area contributed by atoms with E-state index in [1.54, 1.807) is 13.2 Å². The van der Waals surface area contributed by atoms with Gasteiger partial charge in [0.25, 0.3) is 0 Å².